The summed E-state index contributed by atoms with van der Waals surface area (Å²) in [5.41, 5.74) is 3.58. The summed E-state index contributed by atoms with van der Waals surface area (Å²) in [5, 5.41) is 2.95. The van der Waals surface area contributed by atoms with E-state index in [1.807, 2.05) is 54.9 Å². The number of imidazole rings is 1. The minimum atomic E-state index is -0.182. The lowest BCUT2D eigenvalue weighted by atomic mass is 10.1. The topological polar surface area (TPSA) is 68.6 Å². The maximum Gasteiger partial charge on any atom is 0.322 e. The molecular formula is C20H22N4O3. The van der Waals surface area contributed by atoms with Crippen LogP contribution in [-0.2, 0) is 7.05 Å². The number of hydrogen-bond donors (Lipinski definition) is 1. The van der Waals surface area contributed by atoms with Gasteiger partial charge >= 0.3 is 6.03 Å². The monoisotopic (exact) mass is 366 g/mol. The van der Waals surface area contributed by atoms with Gasteiger partial charge in [0, 0.05) is 19.8 Å². The minimum absolute atomic E-state index is 0.124. The number of carbonyl (C=O) groups is 1. The lowest BCUT2D eigenvalue weighted by Gasteiger charge is -2.27. The lowest BCUT2D eigenvalue weighted by Crippen LogP contribution is -2.33. The predicted octanol–water partition coefficient (Wildman–Crippen LogP) is 3.57. The number of urea groups is 1. The largest absolute Gasteiger partial charge is 0.486 e. The molecule has 0 saturated carbocycles. The van der Waals surface area contributed by atoms with Gasteiger partial charge in [0.15, 0.2) is 11.5 Å². The van der Waals surface area contributed by atoms with Crippen LogP contribution in [-0.4, -0.2) is 40.7 Å². The lowest BCUT2D eigenvalue weighted by molar-refractivity contribution is 0.170. The van der Waals surface area contributed by atoms with Gasteiger partial charge in [-0.25, -0.2) is 9.78 Å². The van der Waals surface area contributed by atoms with E-state index >= 15 is 0 Å². The van der Waals surface area contributed by atoms with Gasteiger partial charge in [-0.2, -0.15) is 0 Å². The molecule has 0 spiro atoms. The Labute approximate surface area is 157 Å². The highest BCUT2D eigenvalue weighted by Crippen LogP contribution is 2.33. The molecule has 0 aliphatic carbocycles. The molecule has 27 heavy (non-hydrogen) atoms. The van der Waals surface area contributed by atoms with Crippen LogP contribution in [0.4, 0.5) is 10.5 Å². The van der Waals surface area contributed by atoms with Crippen molar-refractivity contribution in [1.82, 2.24) is 14.5 Å². The molecule has 4 rings (SSSR count). The van der Waals surface area contributed by atoms with Crippen molar-refractivity contribution in [3.63, 3.8) is 0 Å². The minimum Gasteiger partial charge on any atom is -0.486 e. The molecule has 2 heterocycles. The summed E-state index contributed by atoms with van der Waals surface area (Å²) in [6, 6.07) is 11.2. The summed E-state index contributed by atoms with van der Waals surface area (Å²) in [4.78, 5) is 18.7. The Hall–Kier alpha value is -3.22. The van der Waals surface area contributed by atoms with Gasteiger partial charge in [0.25, 0.3) is 0 Å². The highest BCUT2D eigenvalue weighted by atomic mass is 16.6. The first-order chi connectivity index (χ1) is 13.0. The number of nitrogens with one attached hydrogen (secondary N) is 1. The maximum absolute atomic E-state index is 12.7. The molecule has 7 heteroatoms. The highest BCUT2D eigenvalue weighted by Gasteiger charge is 2.20. The van der Waals surface area contributed by atoms with E-state index in [4.69, 9.17) is 9.47 Å². The van der Waals surface area contributed by atoms with E-state index < -0.39 is 0 Å². The van der Waals surface area contributed by atoms with Crippen LogP contribution in [0.3, 0.4) is 0 Å². The Morgan fingerprint density at radius 3 is 2.78 bits per heavy atom. The molecule has 1 N–H and O–H groups in total. The van der Waals surface area contributed by atoms with Crippen LogP contribution >= 0.6 is 0 Å². The summed E-state index contributed by atoms with van der Waals surface area (Å²) < 4.78 is 13.1. The van der Waals surface area contributed by atoms with Crippen LogP contribution in [0, 0.1) is 0 Å². The molecule has 1 unspecified atom stereocenters. The number of ether oxygens (including phenoxy) is 2. The van der Waals surface area contributed by atoms with E-state index in [0.29, 0.717) is 13.2 Å². The van der Waals surface area contributed by atoms with Gasteiger partial charge in [-0.1, -0.05) is 6.07 Å². The molecule has 2 aromatic carbocycles. The standard InChI is InChI=1S/C20H22N4O3/c1-13(14-4-7-18-19(10-14)27-9-8-26-18)24(3)20(25)22-15-5-6-16-17(11-15)23(2)12-21-16/h4-7,10-13H,8-9H2,1-3H3,(H,22,25). The van der Waals surface area contributed by atoms with Gasteiger partial charge in [-0.3, -0.25) is 0 Å². The summed E-state index contributed by atoms with van der Waals surface area (Å²) in [5.74, 6) is 1.47. The van der Waals surface area contributed by atoms with Crippen molar-refractivity contribution in [3.05, 3.63) is 48.3 Å². The van der Waals surface area contributed by atoms with Crippen LogP contribution in [0.15, 0.2) is 42.7 Å². The second kappa shape index (κ2) is 6.83. The van der Waals surface area contributed by atoms with Gasteiger partial charge in [0.2, 0.25) is 0 Å². The Balaban J connectivity index is 1.49. The zero-order chi connectivity index (χ0) is 19.0. The second-order valence-electron chi connectivity index (χ2n) is 6.68. The zero-order valence-electron chi connectivity index (χ0n) is 15.6. The zero-order valence-corrected chi connectivity index (χ0v) is 15.6. The molecule has 0 radical (unpaired) electrons. The Morgan fingerprint density at radius 2 is 1.96 bits per heavy atom. The van der Waals surface area contributed by atoms with E-state index in [-0.39, 0.29) is 12.1 Å². The smallest absolute Gasteiger partial charge is 0.322 e. The van der Waals surface area contributed by atoms with Crippen molar-refractivity contribution in [3.8, 4) is 11.5 Å². The fourth-order valence-corrected chi connectivity index (χ4v) is 3.13. The number of aryl methyl sites for hydroxylation is 1. The molecule has 2 amide bonds. The second-order valence-corrected chi connectivity index (χ2v) is 6.68. The Morgan fingerprint density at radius 1 is 1.19 bits per heavy atom. The van der Waals surface area contributed by atoms with Crippen LogP contribution in [0.1, 0.15) is 18.5 Å². The average molecular weight is 366 g/mol. The fraction of sp³-hybridized carbons (Fsp3) is 0.300. The van der Waals surface area contributed by atoms with E-state index in [2.05, 4.69) is 10.3 Å². The van der Waals surface area contributed by atoms with Gasteiger partial charge in [-0.15, -0.1) is 0 Å². The van der Waals surface area contributed by atoms with Gasteiger partial charge in [0.05, 0.1) is 23.4 Å². The molecule has 1 aliphatic heterocycles. The van der Waals surface area contributed by atoms with Crippen molar-refractivity contribution in [2.75, 3.05) is 25.6 Å². The first-order valence-electron chi connectivity index (χ1n) is 8.87. The van der Waals surface area contributed by atoms with E-state index in [1.165, 1.54) is 0 Å². The Kier molecular flexibility index (Phi) is 4.35. The molecular weight excluding hydrogens is 344 g/mol. The van der Waals surface area contributed by atoms with Crippen LogP contribution in [0.2, 0.25) is 0 Å². The Bertz CT molecular complexity index is 998. The van der Waals surface area contributed by atoms with Crippen molar-refractivity contribution in [2.45, 2.75) is 13.0 Å². The fourth-order valence-electron chi connectivity index (χ4n) is 3.13. The maximum atomic E-state index is 12.7. The molecule has 1 aliphatic rings. The van der Waals surface area contributed by atoms with Gasteiger partial charge in [-0.05, 0) is 42.8 Å². The quantitative estimate of drug-likeness (QED) is 0.769. The summed E-state index contributed by atoms with van der Waals surface area (Å²) >= 11 is 0. The molecule has 7 nitrogen and oxygen atoms in total. The van der Waals surface area contributed by atoms with E-state index in [9.17, 15) is 4.79 Å². The van der Waals surface area contributed by atoms with Crippen molar-refractivity contribution < 1.29 is 14.3 Å². The first kappa shape index (κ1) is 17.2. The van der Waals surface area contributed by atoms with Crippen molar-refractivity contribution in [1.29, 1.82) is 0 Å². The van der Waals surface area contributed by atoms with Crippen LogP contribution in [0.5, 0.6) is 11.5 Å². The number of hydrogen-bond acceptors (Lipinski definition) is 4. The summed E-state index contributed by atoms with van der Waals surface area (Å²) in [7, 11) is 3.70. The summed E-state index contributed by atoms with van der Waals surface area (Å²) in [6.07, 6.45) is 1.76. The molecule has 1 aromatic heterocycles. The first-order valence-corrected chi connectivity index (χ1v) is 8.87. The number of rotatable bonds is 3. The normalized spacial score (nSPS) is 14.0. The highest BCUT2D eigenvalue weighted by molar-refractivity contribution is 5.92. The number of amides is 2. The van der Waals surface area contributed by atoms with Crippen LogP contribution < -0.4 is 14.8 Å². The van der Waals surface area contributed by atoms with Crippen LogP contribution in [0.25, 0.3) is 11.0 Å². The average Bonchev–Trinajstić information content (AvgIpc) is 3.06. The third kappa shape index (κ3) is 3.28. The van der Waals surface area contributed by atoms with Gasteiger partial charge in [0.1, 0.15) is 13.2 Å². The molecule has 3 aromatic rings. The van der Waals surface area contributed by atoms with Crippen molar-refractivity contribution >= 4 is 22.8 Å². The van der Waals surface area contributed by atoms with Crippen molar-refractivity contribution in [2.24, 2.45) is 7.05 Å². The number of anilines is 1. The molecule has 0 saturated heterocycles. The SMILES string of the molecule is CC(c1ccc2c(c1)OCCO2)N(C)C(=O)Nc1ccc2ncn(C)c2c1. The van der Waals surface area contributed by atoms with E-state index in [1.54, 1.807) is 18.3 Å². The molecule has 140 valence electrons. The van der Waals surface area contributed by atoms with E-state index in [0.717, 1.165) is 33.8 Å². The number of nitrogens with zero attached hydrogens (tertiary/aromatic N) is 3. The molecule has 0 fully saturated rings. The molecule has 1 atom stereocenters. The number of benzene rings is 2. The summed E-state index contributed by atoms with van der Waals surface area (Å²) in [6.45, 7) is 3.08. The number of fused-ring (bicyclic) bond motifs is 2. The molecule has 0 bridgehead atoms. The third-order valence-corrected chi connectivity index (χ3v) is 4.93. The third-order valence-electron chi connectivity index (χ3n) is 4.93. The number of carbonyl (C=O) groups excluding carboxylic acids is 1. The predicted molar refractivity (Wildman–Crippen MR) is 103 cm³/mol. The van der Waals surface area contributed by atoms with Gasteiger partial charge < -0.3 is 24.3 Å². The number of aromatic nitrogens is 2.